The molecule has 3 aliphatic rings. The van der Waals surface area contributed by atoms with Crippen LogP contribution in [0, 0.1) is 23.7 Å². The Balaban J connectivity index is 1.32. The molecule has 2 fully saturated rings. The summed E-state index contributed by atoms with van der Waals surface area (Å²) in [5, 5.41) is 7.49. The number of hydrogen-bond donors (Lipinski definition) is 0. The lowest BCUT2D eigenvalue weighted by Gasteiger charge is -2.13. The molecule has 5 nitrogen and oxygen atoms in total. The highest BCUT2D eigenvalue weighted by atomic mass is 35.5. The molecule has 2 bridgehead atoms. The fraction of sp³-hybridized carbons (Fsp3) is 0.240. The van der Waals surface area contributed by atoms with Gasteiger partial charge < -0.3 is 4.57 Å². The van der Waals surface area contributed by atoms with Gasteiger partial charge in [0, 0.05) is 29.2 Å². The third-order valence-electron chi connectivity index (χ3n) is 6.92. The third kappa shape index (κ3) is 2.95. The van der Waals surface area contributed by atoms with Gasteiger partial charge in [-0.25, -0.2) is 0 Å². The van der Waals surface area contributed by atoms with Crippen LogP contribution in [0.2, 0.25) is 10.0 Å². The van der Waals surface area contributed by atoms with Gasteiger partial charge in [0.1, 0.15) is 0 Å². The molecule has 1 aliphatic heterocycles. The monoisotopic (exact) mass is 463 g/mol. The largest absolute Gasteiger partial charge is 0.342 e. The number of para-hydroxylation sites is 1. The van der Waals surface area contributed by atoms with E-state index in [9.17, 15) is 9.59 Å². The summed E-state index contributed by atoms with van der Waals surface area (Å²) in [4.78, 5) is 25.8. The molecule has 0 N–H and O–H groups in total. The van der Waals surface area contributed by atoms with Crippen LogP contribution in [0.3, 0.4) is 0 Å². The number of hydrazone groups is 1. The van der Waals surface area contributed by atoms with Gasteiger partial charge in [-0.05, 0) is 42.0 Å². The number of allylic oxidation sites excluding steroid dienone is 2. The molecule has 0 unspecified atom stereocenters. The Hall–Kier alpha value is -2.89. The van der Waals surface area contributed by atoms with Crippen LogP contribution < -0.4 is 0 Å². The third-order valence-corrected chi connectivity index (χ3v) is 7.65. The fourth-order valence-electron chi connectivity index (χ4n) is 5.46. The summed E-state index contributed by atoms with van der Waals surface area (Å²) in [6, 6.07) is 13.6. The topological polar surface area (TPSA) is 54.7 Å². The molecule has 32 heavy (non-hydrogen) atoms. The average molecular weight is 464 g/mol. The first-order valence-electron chi connectivity index (χ1n) is 10.6. The second-order valence-corrected chi connectivity index (χ2v) is 9.53. The van der Waals surface area contributed by atoms with Crippen molar-refractivity contribution in [2.75, 3.05) is 0 Å². The number of carbonyl (C=O) groups excluding carboxylic acids is 2. The minimum absolute atomic E-state index is 0.173. The first kappa shape index (κ1) is 19.8. The highest BCUT2D eigenvalue weighted by Gasteiger charge is 2.59. The van der Waals surface area contributed by atoms with Crippen molar-refractivity contribution in [3.05, 3.63) is 82.0 Å². The van der Waals surface area contributed by atoms with E-state index in [0.717, 1.165) is 33.5 Å². The minimum atomic E-state index is -0.245. The molecule has 0 spiro atoms. The van der Waals surface area contributed by atoms with Crippen molar-refractivity contribution >= 4 is 52.1 Å². The normalized spacial score (nSPS) is 26.2. The van der Waals surface area contributed by atoms with Crippen molar-refractivity contribution in [2.24, 2.45) is 28.8 Å². The molecule has 3 aromatic rings. The van der Waals surface area contributed by atoms with Gasteiger partial charge in [-0.3, -0.25) is 9.59 Å². The number of hydrogen-bond acceptors (Lipinski definition) is 3. The standard InChI is InChI=1S/C25H19Cl2N3O2/c26-19-8-5-14(9-20(19)27)12-29-13-17(18-3-1-2-4-21(18)29)11-28-30-24(31)22-15-6-7-16(10-15)23(22)25(30)32/h1-9,11,13,15-16,22-23H,10,12H2/b28-11-/t15-,16-,22-,23+/m0/s1. The summed E-state index contributed by atoms with van der Waals surface area (Å²) >= 11 is 12.2. The van der Waals surface area contributed by atoms with E-state index in [1.54, 1.807) is 12.3 Å². The van der Waals surface area contributed by atoms with Crippen molar-refractivity contribution < 1.29 is 9.59 Å². The van der Waals surface area contributed by atoms with Crippen LogP contribution >= 0.6 is 23.2 Å². The van der Waals surface area contributed by atoms with Crippen molar-refractivity contribution in [3.63, 3.8) is 0 Å². The van der Waals surface area contributed by atoms with Gasteiger partial charge in [-0.15, -0.1) is 0 Å². The van der Waals surface area contributed by atoms with Crippen molar-refractivity contribution in [1.29, 1.82) is 0 Å². The van der Waals surface area contributed by atoms with Crippen LogP contribution in [-0.4, -0.2) is 27.6 Å². The minimum Gasteiger partial charge on any atom is -0.342 e. The Kier molecular flexibility index (Phi) is 4.52. The van der Waals surface area contributed by atoms with E-state index in [1.165, 1.54) is 0 Å². The van der Waals surface area contributed by atoms with E-state index >= 15 is 0 Å². The second-order valence-electron chi connectivity index (χ2n) is 8.71. The summed E-state index contributed by atoms with van der Waals surface area (Å²) in [5.74, 6) is -0.485. The van der Waals surface area contributed by atoms with Gasteiger partial charge in [0.25, 0.3) is 11.8 Å². The number of halogens is 2. The lowest BCUT2D eigenvalue weighted by atomic mass is 9.85. The lowest BCUT2D eigenvalue weighted by Crippen LogP contribution is -2.28. The quantitative estimate of drug-likeness (QED) is 0.305. The molecule has 2 aliphatic carbocycles. The van der Waals surface area contributed by atoms with Crippen LogP contribution in [0.25, 0.3) is 10.9 Å². The number of amides is 2. The molecule has 2 heterocycles. The smallest absolute Gasteiger partial charge is 0.254 e. The average Bonchev–Trinajstić information content (AvgIpc) is 3.54. The maximum Gasteiger partial charge on any atom is 0.254 e. The molecule has 2 aromatic carbocycles. The van der Waals surface area contributed by atoms with Crippen LogP contribution in [0.1, 0.15) is 17.5 Å². The number of aromatic nitrogens is 1. The second kappa shape index (κ2) is 7.32. The van der Waals surface area contributed by atoms with Crippen molar-refractivity contribution in [1.82, 2.24) is 9.58 Å². The van der Waals surface area contributed by atoms with E-state index in [1.807, 2.05) is 42.6 Å². The summed E-state index contributed by atoms with van der Waals surface area (Å²) in [6.45, 7) is 0.603. The van der Waals surface area contributed by atoms with Crippen LogP contribution in [0.5, 0.6) is 0 Å². The Morgan fingerprint density at radius 2 is 1.69 bits per heavy atom. The number of carbonyl (C=O) groups is 2. The van der Waals surface area contributed by atoms with Crippen LogP contribution in [-0.2, 0) is 16.1 Å². The molecule has 7 heteroatoms. The molecule has 1 aromatic heterocycles. The lowest BCUT2D eigenvalue weighted by molar-refractivity contribution is -0.140. The van der Waals surface area contributed by atoms with Crippen LogP contribution in [0.4, 0.5) is 0 Å². The number of imide groups is 1. The van der Waals surface area contributed by atoms with E-state index in [2.05, 4.69) is 21.8 Å². The van der Waals surface area contributed by atoms with Crippen LogP contribution in [0.15, 0.2) is 65.9 Å². The zero-order valence-electron chi connectivity index (χ0n) is 17.0. The van der Waals surface area contributed by atoms with Gasteiger partial charge in [0.15, 0.2) is 0 Å². The maximum absolute atomic E-state index is 12.9. The van der Waals surface area contributed by atoms with Gasteiger partial charge in [0.05, 0.1) is 28.1 Å². The van der Waals surface area contributed by atoms with Crippen molar-refractivity contribution in [2.45, 2.75) is 13.0 Å². The number of fused-ring (bicyclic) bond motifs is 6. The molecule has 160 valence electrons. The molecule has 1 saturated carbocycles. The Morgan fingerprint density at radius 3 is 2.41 bits per heavy atom. The predicted octanol–water partition coefficient (Wildman–Crippen LogP) is 5.14. The molecule has 6 rings (SSSR count). The van der Waals surface area contributed by atoms with E-state index in [4.69, 9.17) is 23.2 Å². The fourth-order valence-corrected chi connectivity index (χ4v) is 5.78. The number of nitrogens with zero attached hydrogens (tertiary/aromatic N) is 3. The predicted molar refractivity (Wildman–Crippen MR) is 125 cm³/mol. The molecule has 2 amide bonds. The zero-order valence-corrected chi connectivity index (χ0v) is 18.5. The number of rotatable bonds is 4. The van der Waals surface area contributed by atoms with E-state index in [0.29, 0.717) is 16.6 Å². The van der Waals surface area contributed by atoms with E-state index < -0.39 is 0 Å². The Labute approximate surface area is 194 Å². The van der Waals surface area contributed by atoms with Gasteiger partial charge in [-0.2, -0.15) is 10.1 Å². The molecule has 0 radical (unpaired) electrons. The maximum atomic E-state index is 12.9. The van der Waals surface area contributed by atoms with E-state index in [-0.39, 0.29) is 35.5 Å². The molecule has 1 saturated heterocycles. The molecule has 4 atom stereocenters. The molecular weight excluding hydrogens is 445 g/mol. The highest BCUT2D eigenvalue weighted by Crippen LogP contribution is 2.52. The molecular formula is C25H19Cl2N3O2. The SMILES string of the molecule is O=C1[C@@H]2[C@H](C(=O)N1/N=C\c1cn(Cc3ccc(Cl)c(Cl)c3)c3ccccc13)[C@H]1C=C[C@H]2C1. The summed E-state index contributed by atoms with van der Waals surface area (Å²) < 4.78 is 2.10. The highest BCUT2D eigenvalue weighted by molar-refractivity contribution is 6.42. The van der Waals surface area contributed by atoms with Gasteiger partial charge in [-0.1, -0.05) is 59.6 Å². The van der Waals surface area contributed by atoms with Crippen molar-refractivity contribution in [3.8, 4) is 0 Å². The number of benzene rings is 2. The van der Waals surface area contributed by atoms with Gasteiger partial charge in [0.2, 0.25) is 0 Å². The summed E-state index contributed by atoms with van der Waals surface area (Å²) in [7, 11) is 0. The zero-order chi connectivity index (χ0) is 22.0. The summed E-state index contributed by atoms with van der Waals surface area (Å²) in [6.07, 6.45) is 8.68. The first-order valence-corrected chi connectivity index (χ1v) is 11.4. The van der Waals surface area contributed by atoms with Gasteiger partial charge >= 0.3 is 0 Å². The summed E-state index contributed by atoms with van der Waals surface area (Å²) in [5.41, 5.74) is 2.89. The first-order chi connectivity index (χ1) is 15.5. The Morgan fingerprint density at radius 1 is 0.969 bits per heavy atom. The Bertz CT molecular complexity index is 1310.